The standard InChI is InChI=1S/C25H21ClN2O6/c1-15-3-5-16(6-4-15)14-33-21-9-7-17(11-19(21)26)12-20-23(29)28(25(31)27-20)13-18-8-10-22(34-18)24(30)32-2/h3-12H,13-14H2,1-2H3,(H,27,31). The molecule has 1 aromatic heterocycles. The molecule has 3 aromatic rings. The van der Waals surface area contributed by atoms with Gasteiger partial charge in [0.1, 0.15) is 23.8 Å². The number of aryl methyl sites for hydroxylation is 1. The van der Waals surface area contributed by atoms with Crippen molar-refractivity contribution in [1.29, 1.82) is 0 Å². The van der Waals surface area contributed by atoms with Gasteiger partial charge in [-0.1, -0.05) is 47.5 Å². The summed E-state index contributed by atoms with van der Waals surface area (Å²) in [5.41, 5.74) is 2.89. The van der Waals surface area contributed by atoms with Gasteiger partial charge in [-0.15, -0.1) is 0 Å². The molecule has 3 amide bonds. The first-order chi connectivity index (χ1) is 16.3. The molecule has 1 saturated heterocycles. The highest BCUT2D eigenvalue weighted by atomic mass is 35.5. The zero-order valence-electron chi connectivity index (χ0n) is 18.5. The predicted molar refractivity (Wildman–Crippen MR) is 124 cm³/mol. The maximum Gasteiger partial charge on any atom is 0.373 e. The van der Waals surface area contributed by atoms with Crippen LogP contribution < -0.4 is 10.1 Å². The van der Waals surface area contributed by atoms with Crippen molar-refractivity contribution in [3.05, 3.63) is 93.5 Å². The van der Waals surface area contributed by atoms with Crippen LogP contribution in [0.25, 0.3) is 6.08 Å². The largest absolute Gasteiger partial charge is 0.487 e. The Bertz CT molecular complexity index is 1280. The molecule has 0 spiro atoms. The predicted octanol–water partition coefficient (Wildman–Crippen LogP) is 4.70. The van der Waals surface area contributed by atoms with E-state index in [-0.39, 0.29) is 23.8 Å². The molecule has 1 aliphatic rings. The summed E-state index contributed by atoms with van der Waals surface area (Å²) in [7, 11) is 1.23. The van der Waals surface area contributed by atoms with Crippen molar-refractivity contribution >= 4 is 35.6 Å². The Morgan fingerprint density at radius 2 is 1.88 bits per heavy atom. The molecule has 174 valence electrons. The fourth-order valence-corrected chi connectivity index (χ4v) is 3.52. The maximum absolute atomic E-state index is 12.7. The molecule has 0 atom stereocenters. The van der Waals surface area contributed by atoms with Crippen LogP contribution in [0.1, 0.15) is 33.0 Å². The number of hydrogen-bond acceptors (Lipinski definition) is 6. The van der Waals surface area contributed by atoms with Crippen LogP contribution in [0.5, 0.6) is 5.75 Å². The summed E-state index contributed by atoms with van der Waals surface area (Å²) in [6.07, 6.45) is 1.53. The van der Waals surface area contributed by atoms with E-state index in [4.69, 9.17) is 20.8 Å². The average Bonchev–Trinajstić information content (AvgIpc) is 3.39. The fourth-order valence-electron chi connectivity index (χ4n) is 3.28. The molecule has 2 heterocycles. The number of ether oxygens (including phenoxy) is 2. The Labute approximate surface area is 200 Å². The summed E-state index contributed by atoms with van der Waals surface area (Å²) >= 11 is 6.36. The number of urea groups is 1. The second-order valence-corrected chi connectivity index (χ2v) is 8.01. The average molecular weight is 481 g/mol. The molecule has 9 heteroatoms. The smallest absolute Gasteiger partial charge is 0.373 e. The molecule has 2 aromatic carbocycles. The Hall–Kier alpha value is -4.04. The minimum absolute atomic E-state index is 0.0142. The lowest BCUT2D eigenvalue weighted by Gasteiger charge is -2.10. The van der Waals surface area contributed by atoms with Crippen LogP contribution in [0, 0.1) is 6.92 Å². The van der Waals surface area contributed by atoms with Crippen molar-refractivity contribution in [2.45, 2.75) is 20.1 Å². The van der Waals surface area contributed by atoms with Gasteiger partial charge in [0, 0.05) is 0 Å². The van der Waals surface area contributed by atoms with E-state index >= 15 is 0 Å². The lowest BCUT2D eigenvalue weighted by Crippen LogP contribution is -2.30. The van der Waals surface area contributed by atoms with Gasteiger partial charge in [-0.05, 0) is 48.4 Å². The van der Waals surface area contributed by atoms with Crippen molar-refractivity contribution in [3.63, 3.8) is 0 Å². The molecule has 0 radical (unpaired) electrons. The molecule has 0 unspecified atom stereocenters. The Balaban J connectivity index is 1.43. The third kappa shape index (κ3) is 5.13. The van der Waals surface area contributed by atoms with Gasteiger partial charge in [0.15, 0.2) is 0 Å². The summed E-state index contributed by atoms with van der Waals surface area (Å²) in [6.45, 7) is 2.25. The van der Waals surface area contributed by atoms with Crippen LogP contribution in [0.4, 0.5) is 4.79 Å². The van der Waals surface area contributed by atoms with E-state index in [0.717, 1.165) is 10.5 Å². The van der Waals surface area contributed by atoms with Crippen molar-refractivity contribution in [2.24, 2.45) is 0 Å². The first-order valence-electron chi connectivity index (χ1n) is 10.3. The number of rotatable bonds is 7. The number of furan rings is 1. The van der Waals surface area contributed by atoms with E-state index in [9.17, 15) is 14.4 Å². The third-order valence-electron chi connectivity index (χ3n) is 5.11. The summed E-state index contributed by atoms with van der Waals surface area (Å²) in [4.78, 5) is 37.6. The molecule has 1 N–H and O–H groups in total. The van der Waals surface area contributed by atoms with Crippen LogP contribution in [-0.4, -0.2) is 29.9 Å². The summed E-state index contributed by atoms with van der Waals surface area (Å²) in [6, 6.07) is 15.4. The van der Waals surface area contributed by atoms with Gasteiger partial charge in [0.25, 0.3) is 5.91 Å². The van der Waals surface area contributed by atoms with Gasteiger partial charge in [-0.3, -0.25) is 9.69 Å². The van der Waals surface area contributed by atoms with Gasteiger partial charge >= 0.3 is 12.0 Å². The number of imide groups is 1. The van der Waals surface area contributed by atoms with E-state index in [0.29, 0.717) is 22.9 Å². The highest BCUT2D eigenvalue weighted by Gasteiger charge is 2.34. The second-order valence-electron chi connectivity index (χ2n) is 7.60. The number of amides is 3. The number of esters is 1. The normalized spacial score (nSPS) is 14.4. The first-order valence-corrected chi connectivity index (χ1v) is 10.7. The van der Waals surface area contributed by atoms with Crippen molar-refractivity contribution < 1.29 is 28.3 Å². The van der Waals surface area contributed by atoms with Crippen LogP contribution >= 0.6 is 11.6 Å². The van der Waals surface area contributed by atoms with Crippen LogP contribution in [0.3, 0.4) is 0 Å². The zero-order chi connectivity index (χ0) is 24.2. The topological polar surface area (TPSA) is 98.1 Å². The van der Waals surface area contributed by atoms with Crippen molar-refractivity contribution in [2.75, 3.05) is 7.11 Å². The van der Waals surface area contributed by atoms with Crippen molar-refractivity contribution in [1.82, 2.24) is 10.2 Å². The molecule has 8 nitrogen and oxygen atoms in total. The molecular formula is C25H21ClN2O6. The molecule has 0 aliphatic carbocycles. The number of nitrogens with zero attached hydrogens (tertiary/aromatic N) is 1. The first kappa shape index (κ1) is 23.1. The zero-order valence-corrected chi connectivity index (χ0v) is 19.2. The van der Waals surface area contributed by atoms with Gasteiger partial charge < -0.3 is 19.2 Å². The number of nitrogens with one attached hydrogen (secondary N) is 1. The van der Waals surface area contributed by atoms with Gasteiger partial charge in [0.2, 0.25) is 5.76 Å². The molecule has 0 bridgehead atoms. The highest BCUT2D eigenvalue weighted by molar-refractivity contribution is 6.32. The van der Waals surface area contributed by atoms with Crippen LogP contribution in [0.2, 0.25) is 5.02 Å². The van der Waals surface area contributed by atoms with E-state index in [1.165, 1.54) is 30.9 Å². The SMILES string of the molecule is COC(=O)c1ccc(CN2C(=O)NC(=Cc3ccc(OCc4ccc(C)cc4)c(Cl)c3)C2=O)o1. The van der Waals surface area contributed by atoms with E-state index in [2.05, 4.69) is 10.1 Å². The number of methoxy groups -OCH3 is 1. The Morgan fingerprint density at radius 3 is 2.59 bits per heavy atom. The van der Waals surface area contributed by atoms with Crippen molar-refractivity contribution in [3.8, 4) is 5.75 Å². The molecule has 4 rings (SSSR count). The summed E-state index contributed by atoms with van der Waals surface area (Å²) in [5, 5.41) is 2.92. The number of carbonyl (C=O) groups is 3. The number of carbonyl (C=O) groups excluding carboxylic acids is 3. The quantitative estimate of drug-likeness (QED) is 0.299. The number of halogens is 1. The van der Waals surface area contributed by atoms with Crippen LogP contribution in [0.15, 0.2) is 64.7 Å². The second kappa shape index (κ2) is 9.84. The maximum atomic E-state index is 12.7. The van der Waals surface area contributed by atoms with Crippen LogP contribution in [-0.2, 0) is 22.7 Å². The van der Waals surface area contributed by atoms with E-state index in [1.54, 1.807) is 18.2 Å². The molecule has 1 aliphatic heterocycles. The third-order valence-corrected chi connectivity index (χ3v) is 5.40. The molecular weight excluding hydrogens is 460 g/mol. The molecule has 1 fully saturated rings. The lowest BCUT2D eigenvalue weighted by atomic mass is 10.1. The minimum atomic E-state index is -0.646. The monoisotopic (exact) mass is 480 g/mol. The Kier molecular flexibility index (Phi) is 6.70. The molecule has 0 saturated carbocycles. The van der Waals surface area contributed by atoms with E-state index in [1.807, 2.05) is 31.2 Å². The Morgan fingerprint density at radius 1 is 1.12 bits per heavy atom. The molecule has 34 heavy (non-hydrogen) atoms. The van der Waals surface area contributed by atoms with Gasteiger partial charge in [0.05, 0.1) is 18.7 Å². The number of benzene rings is 2. The van der Waals surface area contributed by atoms with Gasteiger partial charge in [-0.25, -0.2) is 9.59 Å². The minimum Gasteiger partial charge on any atom is -0.487 e. The summed E-state index contributed by atoms with van der Waals surface area (Å²) in [5.74, 6) is -0.418. The van der Waals surface area contributed by atoms with Gasteiger partial charge in [-0.2, -0.15) is 0 Å². The van der Waals surface area contributed by atoms with E-state index < -0.39 is 17.9 Å². The lowest BCUT2D eigenvalue weighted by molar-refractivity contribution is -0.123. The number of hydrogen-bond donors (Lipinski definition) is 1. The highest BCUT2D eigenvalue weighted by Crippen LogP contribution is 2.28. The summed E-state index contributed by atoms with van der Waals surface area (Å²) < 4.78 is 15.7. The fraction of sp³-hybridized carbons (Fsp3) is 0.160.